The van der Waals surface area contributed by atoms with Crippen LogP contribution in [0.25, 0.3) is 22.3 Å². The molecule has 3 heterocycles. The lowest BCUT2D eigenvalue weighted by molar-refractivity contribution is 0.475. The maximum absolute atomic E-state index is 9.81. The predicted molar refractivity (Wildman–Crippen MR) is 98.8 cm³/mol. The fourth-order valence-corrected chi connectivity index (χ4v) is 3.31. The lowest BCUT2D eigenvalue weighted by Gasteiger charge is -2.23. The molecule has 128 valence electrons. The van der Waals surface area contributed by atoms with Crippen LogP contribution >= 0.6 is 0 Å². The largest absolute Gasteiger partial charge is 0.508 e. The molecule has 0 bridgehead atoms. The molecule has 0 saturated carbocycles. The number of hydrogen-bond donors (Lipinski definition) is 4. The molecule has 0 unspecified atom stereocenters. The normalized spacial score (nSPS) is 16.2. The summed E-state index contributed by atoms with van der Waals surface area (Å²) >= 11 is 0. The van der Waals surface area contributed by atoms with Crippen molar-refractivity contribution >= 4 is 22.9 Å². The number of para-hydroxylation sites is 2. The highest BCUT2D eigenvalue weighted by molar-refractivity contribution is 5.95. The van der Waals surface area contributed by atoms with E-state index in [0.717, 1.165) is 27.9 Å². The molecule has 0 amide bonds. The summed E-state index contributed by atoms with van der Waals surface area (Å²) in [7, 11) is 0. The summed E-state index contributed by atoms with van der Waals surface area (Å²) in [6.45, 7) is 0. The molecular formula is C18H15N7O. The fraction of sp³-hybridized carbons (Fsp3) is 0.0556. The third-order valence-electron chi connectivity index (χ3n) is 4.42. The van der Waals surface area contributed by atoms with Crippen molar-refractivity contribution in [3.63, 3.8) is 0 Å². The van der Waals surface area contributed by atoms with Crippen LogP contribution in [0, 0.1) is 0 Å². The number of H-pyrrole nitrogens is 1. The monoisotopic (exact) mass is 345 g/mol. The van der Waals surface area contributed by atoms with Crippen LogP contribution in [0.4, 0.5) is 5.95 Å². The Morgan fingerprint density at radius 2 is 2.00 bits per heavy atom. The van der Waals surface area contributed by atoms with Gasteiger partial charge < -0.3 is 10.8 Å². The first-order valence-corrected chi connectivity index (χ1v) is 8.10. The fourth-order valence-electron chi connectivity index (χ4n) is 3.31. The second-order valence-electron chi connectivity index (χ2n) is 6.06. The van der Waals surface area contributed by atoms with E-state index in [1.165, 1.54) is 0 Å². The van der Waals surface area contributed by atoms with Crippen molar-refractivity contribution in [2.75, 3.05) is 5.32 Å². The third-order valence-corrected chi connectivity index (χ3v) is 4.42. The van der Waals surface area contributed by atoms with E-state index in [4.69, 9.17) is 5.73 Å². The van der Waals surface area contributed by atoms with Crippen LogP contribution in [-0.4, -0.2) is 30.8 Å². The molecule has 5 N–H and O–H groups in total. The number of benzene rings is 2. The number of phenols is 1. The van der Waals surface area contributed by atoms with Gasteiger partial charge in [-0.2, -0.15) is 5.10 Å². The van der Waals surface area contributed by atoms with Gasteiger partial charge in [-0.05, 0) is 24.3 Å². The van der Waals surface area contributed by atoms with Gasteiger partial charge in [-0.3, -0.25) is 15.0 Å². The molecule has 0 saturated heterocycles. The van der Waals surface area contributed by atoms with Crippen LogP contribution in [-0.2, 0) is 0 Å². The van der Waals surface area contributed by atoms with Crippen molar-refractivity contribution < 1.29 is 5.11 Å². The van der Waals surface area contributed by atoms with E-state index in [2.05, 4.69) is 25.5 Å². The standard InChI is InChI=1S/C18H15N7O/c19-17-22-16(25-14-7-2-1-6-13(14)21-18(25)23-17)12-9-20-24-15(12)10-4-3-5-11(26)8-10/h1-9,16,26H,(H,20,24)(H3,19,21,22,23)/t16-/m1/s1. The number of aromatic hydroxyl groups is 1. The summed E-state index contributed by atoms with van der Waals surface area (Å²) < 4.78 is 1.99. The van der Waals surface area contributed by atoms with Crippen molar-refractivity contribution in [1.82, 2.24) is 19.7 Å². The molecule has 1 aliphatic heterocycles. The van der Waals surface area contributed by atoms with Gasteiger partial charge in [-0.25, -0.2) is 9.98 Å². The Balaban J connectivity index is 1.73. The number of aliphatic imine (C=N–C) groups is 1. The average Bonchev–Trinajstić information content (AvgIpc) is 3.25. The van der Waals surface area contributed by atoms with Crippen LogP contribution in [0.5, 0.6) is 5.75 Å². The molecule has 8 heteroatoms. The Bertz CT molecular complexity index is 1160. The minimum Gasteiger partial charge on any atom is -0.508 e. The highest BCUT2D eigenvalue weighted by Gasteiger charge is 2.28. The van der Waals surface area contributed by atoms with Crippen LogP contribution < -0.4 is 11.1 Å². The molecule has 1 atom stereocenters. The first-order valence-electron chi connectivity index (χ1n) is 8.10. The zero-order chi connectivity index (χ0) is 17.7. The van der Waals surface area contributed by atoms with Crippen LogP contribution in [0.1, 0.15) is 11.7 Å². The van der Waals surface area contributed by atoms with Crippen molar-refractivity contribution in [2.45, 2.75) is 6.17 Å². The summed E-state index contributed by atoms with van der Waals surface area (Å²) in [5.41, 5.74) is 10.2. The van der Waals surface area contributed by atoms with Crippen molar-refractivity contribution in [3.8, 4) is 17.0 Å². The molecule has 0 aliphatic carbocycles. The van der Waals surface area contributed by atoms with Gasteiger partial charge in [0.25, 0.3) is 0 Å². The van der Waals surface area contributed by atoms with Gasteiger partial charge >= 0.3 is 0 Å². The molecule has 5 rings (SSSR count). The summed E-state index contributed by atoms with van der Waals surface area (Å²) in [6.07, 6.45) is 1.31. The number of nitrogens with two attached hydrogens (primary N) is 1. The Labute approximate surface area is 148 Å². The van der Waals surface area contributed by atoms with Gasteiger partial charge in [0.2, 0.25) is 5.95 Å². The molecule has 2 aromatic heterocycles. The number of hydrogen-bond acceptors (Lipinski definition) is 6. The lowest BCUT2D eigenvalue weighted by atomic mass is 10.1. The van der Waals surface area contributed by atoms with Gasteiger partial charge in [0.1, 0.15) is 5.75 Å². The van der Waals surface area contributed by atoms with E-state index in [1.807, 2.05) is 34.9 Å². The summed E-state index contributed by atoms with van der Waals surface area (Å²) in [6, 6.07) is 14.8. The van der Waals surface area contributed by atoms with Crippen LogP contribution in [0.15, 0.2) is 59.7 Å². The average molecular weight is 345 g/mol. The Morgan fingerprint density at radius 3 is 2.88 bits per heavy atom. The molecule has 26 heavy (non-hydrogen) atoms. The van der Waals surface area contributed by atoms with Gasteiger partial charge in [-0.15, -0.1) is 0 Å². The molecular weight excluding hydrogens is 330 g/mol. The van der Waals surface area contributed by atoms with Crippen LogP contribution in [0.2, 0.25) is 0 Å². The van der Waals surface area contributed by atoms with E-state index >= 15 is 0 Å². The molecule has 8 nitrogen and oxygen atoms in total. The molecule has 0 radical (unpaired) electrons. The molecule has 4 aromatic rings. The van der Waals surface area contributed by atoms with Crippen molar-refractivity contribution in [1.29, 1.82) is 0 Å². The first-order chi connectivity index (χ1) is 12.7. The second-order valence-corrected chi connectivity index (χ2v) is 6.06. The number of nitrogens with zero attached hydrogens (tertiary/aromatic N) is 4. The van der Waals surface area contributed by atoms with Crippen molar-refractivity contribution in [2.24, 2.45) is 10.7 Å². The summed E-state index contributed by atoms with van der Waals surface area (Å²) in [5.74, 6) is 1.11. The van der Waals surface area contributed by atoms with Gasteiger partial charge in [0, 0.05) is 11.1 Å². The smallest absolute Gasteiger partial charge is 0.212 e. The van der Waals surface area contributed by atoms with Gasteiger partial charge in [0.15, 0.2) is 12.1 Å². The number of aromatic amines is 1. The van der Waals surface area contributed by atoms with Gasteiger partial charge in [0.05, 0.1) is 22.9 Å². The first kappa shape index (κ1) is 14.5. The Morgan fingerprint density at radius 1 is 1.12 bits per heavy atom. The van der Waals surface area contributed by atoms with Crippen LogP contribution in [0.3, 0.4) is 0 Å². The van der Waals surface area contributed by atoms with E-state index in [0.29, 0.717) is 11.9 Å². The molecule has 0 fully saturated rings. The maximum Gasteiger partial charge on any atom is 0.212 e. The number of guanidine groups is 1. The van der Waals surface area contributed by atoms with E-state index in [9.17, 15) is 5.11 Å². The SMILES string of the molecule is NC1=N[C@@H](c2cn[nH]c2-c2cccc(O)c2)n2c(nc3ccccc32)N1. The third kappa shape index (κ3) is 2.12. The van der Waals surface area contributed by atoms with Crippen molar-refractivity contribution in [3.05, 3.63) is 60.3 Å². The van der Waals surface area contributed by atoms with E-state index < -0.39 is 6.17 Å². The maximum atomic E-state index is 9.81. The summed E-state index contributed by atoms with van der Waals surface area (Å²) in [4.78, 5) is 9.18. The number of rotatable bonds is 2. The summed E-state index contributed by atoms with van der Waals surface area (Å²) in [5, 5.41) is 20.0. The highest BCUT2D eigenvalue weighted by atomic mass is 16.3. The van der Waals surface area contributed by atoms with E-state index in [1.54, 1.807) is 24.4 Å². The number of nitrogens with one attached hydrogen (secondary N) is 2. The number of fused-ring (bicyclic) bond motifs is 3. The van der Waals surface area contributed by atoms with E-state index in [-0.39, 0.29) is 5.75 Å². The Kier molecular flexibility index (Phi) is 2.99. The molecule has 2 aromatic carbocycles. The predicted octanol–water partition coefficient (Wildman–Crippen LogP) is 2.42. The number of anilines is 1. The van der Waals surface area contributed by atoms with Gasteiger partial charge in [-0.1, -0.05) is 24.3 Å². The lowest BCUT2D eigenvalue weighted by Crippen LogP contribution is -2.31. The number of phenolic OH excluding ortho intramolecular Hbond substituents is 1. The zero-order valence-electron chi connectivity index (χ0n) is 13.6. The topological polar surface area (TPSA) is 117 Å². The highest BCUT2D eigenvalue weighted by Crippen LogP contribution is 2.36. The quantitative estimate of drug-likeness (QED) is 0.445. The zero-order valence-corrected chi connectivity index (χ0v) is 13.6. The Hall–Kier alpha value is -3.81. The second kappa shape index (κ2) is 5.35. The molecule has 1 aliphatic rings. The minimum atomic E-state index is -0.422. The minimum absolute atomic E-state index is 0.185. The number of aromatic nitrogens is 4. The number of imidazole rings is 1. The molecule has 0 spiro atoms.